The lowest BCUT2D eigenvalue weighted by molar-refractivity contribution is 0.100. The molecule has 0 radical (unpaired) electrons. The number of benzene rings is 4. The number of nitrogens with zero attached hydrogens (tertiary/aromatic N) is 2. The second kappa shape index (κ2) is 10.5. The van der Waals surface area contributed by atoms with Gasteiger partial charge < -0.3 is 0 Å². The van der Waals surface area contributed by atoms with Gasteiger partial charge in [0.2, 0.25) is 0 Å². The average molecular weight is 443 g/mol. The smallest absolute Gasteiger partial charge is 0.267 e. The highest BCUT2D eigenvalue weighted by atomic mass is 16.1. The van der Waals surface area contributed by atoms with Crippen LogP contribution in [0.25, 0.3) is 5.57 Å². The minimum absolute atomic E-state index is 0.338. The minimum Gasteiger partial charge on any atom is -0.267 e. The normalized spacial score (nSPS) is 10.2. The molecule has 4 aromatic rings. The molecule has 0 saturated heterocycles. The summed E-state index contributed by atoms with van der Waals surface area (Å²) >= 11 is 0. The molecule has 166 valence electrons. The molecule has 4 aromatic carbocycles. The third-order valence-electron chi connectivity index (χ3n) is 5.55. The summed E-state index contributed by atoms with van der Waals surface area (Å²) in [5, 5.41) is 0. The Morgan fingerprint density at radius 2 is 1.18 bits per heavy atom. The number of allylic oxidation sites excluding steroid dienone is 1. The number of aryl methyl sites for hydroxylation is 2. The second-order valence-electron chi connectivity index (χ2n) is 8.23. The fourth-order valence-electron chi connectivity index (χ4n) is 3.53. The Kier molecular flexibility index (Phi) is 7.07. The Balaban J connectivity index is 1.76. The van der Waals surface area contributed by atoms with Crippen molar-refractivity contribution in [2.45, 2.75) is 20.8 Å². The van der Waals surface area contributed by atoms with E-state index in [1.165, 1.54) is 0 Å². The van der Waals surface area contributed by atoms with Gasteiger partial charge in [0, 0.05) is 16.7 Å². The molecule has 0 aliphatic heterocycles. The molecule has 0 aliphatic carbocycles. The molecule has 3 heteroatoms. The van der Waals surface area contributed by atoms with E-state index >= 15 is 0 Å². The second-order valence-corrected chi connectivity index (χ2v) is 8.23. The molecular weight excluding hydrogens is 416 g/mol. The first-order valence-electron chi connectivity index (χ1n) is 11.2. The van der Waals surface area contributed by atoms with E-state index in [9.17, 15) is 4.79 Å². The first-order chi connectivity index (χ1) is 16.5. The predicted molar refractivity (Wildman–Crippen MR) is 141 cm³/mol. The van der Waals surface area contributed by atoms with Crippen molar-refractivity contribution in [2.75, 3.05) is 0 Å². The fraction of sp³-hybridized carbons (Fsp3) is 0.0968. The van der Waals surface area contributed by atoms with Gasteiger partial charge in [0.25, 0.3) is 5.91 Å². The van der Waals surface area contributed by atoms with Crippen LogP contribution in [0.2, 0.25) is 0 Å². The number of hydrogen-bond acceptors (Lipinski definition) is 2. The van der Waals surface area contributed by atoms with E-state index < -0.39 is 0 Å². The fourth-order valence-corrected chi connectivity index (χ4v) is 3.53. The molecule has 0 unspecified atom stereocenters. The lowest BCUT2D eigenvalue weighted by Gasteiger charge is -2.09. The zero-order valence-electron chi connectivity index (χ0n) is 19.6. The number of para-hydroxylation sites is 1. The van der Waals surface area contributed by atoms with Gasteiger partial charge in [0.1, 0.15) is 0 Å². The molecule has 0 aliphatic rings. The highest BCUT2D eigenvalue weighted by Crippen LogP contribution is 2.22. The molecular formula is C31H26N2O. The van der Waals surface area contributed by atoms with E-state index in [1.807, 2.05) is 118 Å². The molecule has 0 bridgehead atoms. The van der Waals surface area contributed by atoms with Crippen LogP contribution in [0.1, 0.15) is 45.1 Å². The number of carbonyl (C=O) groups excluding carboxylic acids is 1. The number of rotatable bonds is 5. The average Bonchev–Trinajstić information content (AvgIpc) is 2.87. The van der Waals surface area contributed by atoms with E-state index in [0.717, 1.165) is 33.4 Å². The quantitative estimate of drug-likeness (QED) is 0.297. The van der Waals surface area contributed by atoms with Crippen molar-refractivity contribution in [3.05, 3.63) is 137 Å². The van der Waals surface area contributed by atoms with Crippen LogP contribution >= 0.6 is 0 Å². The van der Waals surface area contributed by atoms with E-state index in [2.05, 4.69) is 15.9 Å². The van der Waals surface area contributed by atoms with Crippen molar-refractivity contribution >= 4 is 28.7 Å². The minimum atomic E-state index is -0.338. The summed E-state index contributed by atoms with van der Waals surface area (Å²) < 4.78 is 0. The summed E-state index contributed by atoms with van der Waals surface area (Å²) in [6.45, 7) is 6.03. The monoisotopic (exact) mass is 442 g/mol. The molecule has 3 nitrogen and oxygen atoms in total. The van der Waals surface area contributed by atoms with Gasteiger partial charge in [-0.15, -0.1) is 0 Å². The van der Waals surface area contributed by atoms with E-state index in [1.54, 1.807) is 6.07 Å². The Labute approximate surface area is 200 Å². The van der Waals surface area contributed by atoms with Gasteiger partial charge in [-0.1, -0.05) is 102 Å². The van der Waals surface area contributed by atoms with Crippen molar-refractivity contribution in [1.82, 2.24) is 0 Å². The molecule has 4 rings (SSSR count). The standard InChI is InChI=1S/C31H26N2O/c1-22-13-17-26(18-14-22)30(27-19-15-23(2)16-20-27)33-31(34)28-11-7-8-12-29(28)32-21-24(3)25-9-5-4-6-10-25/h4-20H,1-3H3. The van der Waals surface area contributed by atoms with Crippen LogP contribution in [0.15, 0.2) is 113 Å². The van der Waals surface area contributed by atoms with Crippen molar-refractivity contribution < 1.29 is 4.79 Å². The molecule has 0 N–H and O–H groups in total. The summed E-state index contributed by atoms with van der Waals surface area (Å²) in [6.07, 6.45) is 0. The van der Waals surface area contributed by atoms with Gasteiger partial charge >= 0.3 is 0 Å². The molecule has 0 fully saturated rings. The molecule has 34 heavy (non-hydrogen) atoms. The van der Waals surface area contributed by atoms with Crippen LogP contribution < -0.4 is 0 Å². The van der Waals surface area contributed by atoms with E-state index in [-0.39, 0.29) is 5.91 Å². The number of amides is 1. The van der Waals surface area contributed by atoms with Crippen LogP contribution in [-0.2, 0) is 0 Å². The first-order valence-corrected chi connectivity index (χ1v) is 11.2. The molecule has 0 heterocycles. The first kappa shape index (κ1) is 22.8. The van der Waals surface area contributed by atoms with E-state index in [0.29, 0.717) is 17.0 Å². The lowest BCUT2D eigenvalue weighted by atomic mass is 10.00. The maximum absolute atomic E-state index is 13.4. The van der Waals surface area contributed by atoms with Gasteiger partial charge in [-0.2, -0.15) is 0 Å². The Morgan fingerprint density at radius 3 is 1.76 bits per heavy atom. The molecule has 0 spiro atoms. The van der Waals surface area contributed by atoms with E-state index in [4.69, 9.17) is 0 Å². The highest BCUT2D eigenvalue weighted by molar-refractivity contribution is 6.19. The zero-order chi connectivity index (χ0) is 23.9. The van der Waals surface area contributed by atoms with Crippen molar-refractivity contribution in [3.63, 3.8) is 0 Å². The Hall–Kier alpha value is -4.33. The van der Waals surface area contributed by atoms with Gasteiger partial charge in [-0.25, -0.2) is 9.98 Å². The third-order valence-corrected chi connectivity index (χ3v) is 5.55. The van der Waals surface area contributed by atoms with Crippen LogP contribution in [0.4, 0.5) is 5.69 Å². The zero-order valence-corrected chi connectivity index (χ0v) is 19.6. The van der Waals surface area contributed by atoms with Crippen LogP contribution in [0.3, 0.4) is 0 Å². The van der Waals surface area contributed by atoms with Gasteiger partial charge in [0.05, 0.1) is 17.0 Å². The van der Waals surface area contributed by atoms with Crippen LogP contribution in [-0.4, -0.2) is 17.5 Å². The van der Waals surface area contributed by atoms with Crippen LogP contribution in [0, 0.1) is 13.8 Å². The summed E-state index contributed by atoms with van der Waals surface area (Å²) in [5.41, 5.74) is 7.64. The third kappa shape index (κ3) is 5.53. The topological polar surface area (TPSA) is 41.8 Å². The molecule has 0 saturated carbocycles. The van der Waals surface area contributed by atoms with Crippen molar-refractivity contribution in [1.29, 1.82) is 0 Å². The number of hydrogen-bond donors (Lipinski definition) is 0. The molecule has 0 atom stereocenters. The Bertz CT molecular complexity index is 1340. The van der Waals surface area contributed by atoms with Gasteiger partial charge in [-0.05, 0) is 44.3 Å². The van der Waals surface area contributed by atoms with Gasteiger partial charge in [0.15, 0.2) is 0 Å². The lowest BCUT2D eigenvalue weighted by Crippen LogP contribution is -2.08. The maximum Gasteiger partial charge on any atom is 0.279 e. The van der Waals surface area contributed by atoms with Crippen LogP contribution in [0.5, 0.6) is 0 Å². The Morgan fingerprint density at radius 1 is 0.647 bits per heavy atom. The maximum atomic E-state index is 13.4. The summed E-state index contributed by atoms with van der Waals surface area (Å²) in [4.78, 5) is 22.5. The molecule has 1 amide bonds. The van der Waals surface area contributed by atoms with Crippen molar-refractivity contribution in [3.8, 4) is 0 Å². The predicted octanol–water partition coefficient (Wildman–Crippen LogP) is 7.39. The SMILES string of the molecule is CC(=C=Nc1ccccc1C(=O)N=C(c1ccc(C)cc1)c1ccc(C)cc1)c1ccccc1. The summed E-state index contributed by atoms with van der Waals surface area (Å²) in [5.74, 6) is 2.74. The highest BCUT2D eigenvalue weighted by Gasteiger charge is 2.14. The van der Waals surface area contributed by atoms with Gasteiger partial charge in [-0.3, -0.25) is 4.79 Å². The van der Waals surface area contributed by atoms with Crippen molar-refractivity contribution in [2.24, 2.45) is 9.98 Å². The largest absolute Gasteiger partial charge is 0.279 e. The number of carbonyl (C=O) groups is 1. The summed E-state index contributed by atoms with van der Waals surface area (Å²) in [7, 11) is 0. The molecule has 0 aromatic heterocycles. The summed E-state index contributed by atoms with van der Waals surface area (Å²) in [6, 6.07) is 33.3. The number of aliphatic imine (C=N–C) groups is 2.